The standard InChI is InChI=1S/C38H47F3/c1-3-5-7-8-9-10-11-12-14-32-23-26-35(38(41)37(32)40)31-21-19-29(20-22-31)33-24-25-34(36(39)27-33)30-17-15-28(16-18-30)13-6-4-2/h4,19-28,30H,2-3,5-18H2,1H3. The molecule has 0 bridgehead atoms. The van der Waals surface area contributed by atoms with Gasteiger partial charge in [0.15, 0.2) is 11.6 Å². The number of unbranched alkanes of at least 4 members (excludes halogenated alkanes) is 7. The average Bonchev–Trinajstić information content (AvgIpc) is 3.00. The molecule has 41 heavy (non-hydrogen) atoms. The van der Waals surface area contributed by atoms with Gasteiger partial charge in [0.2, 0.25) is 0 Å². The number of rotatable bonds is 15. The van der Waals surface area contributed by atoms with E-state index in [-0.39, 0.29) is 17.3 Å². The van der Waals surface area contributed by atoms with Gasteiger partial charge in [-0.15, -0.1) is 6.58 Å². The normalized spacial score (nSPS) is 17.1. The van der Waals surface area contributed by atoms with E-state index < -0.39 is 11.6 Å². The highest BCUT2D eigenvalue weighted by atomic mass is 19.2. The van der Waals surface area contributed by atoms with E-state index in [1.54, 1.807) is 30.3 Å². The molecule has 1 fully saturated rings. The second kappa shape index (κ2) is 16.0. The maximum Gasteiger partial charge on any atom is 0.166 e. The quantitative estimate of drug-likeness (QED) is 0.128. The van der Waals surface area contributed by atoms with Crippen molar-refractivity contribution < 1.29 is 13.2 Å². The summed E-state index contributed by atoms with van der Waals surface area (Å²) in [5.41, 5.74) is 3.81. The lowest BCUT2D eigenvalue weighted by Crippen LogP contribution is -2.14. The largest absolute Gasteiger partial charge is 0.207 e. The van der Waals surface area contributed by atoms with Gasteiger partial charge >= 0.3 is 0 Å². The molecule has 0 radical (unpaired) electrons. The van der Waals surface area contributed by atoms with Gasteiger partial charge in [-0.05, 0) is 97.1 Å². The summed E-state index contributed by atoms with van der Waals surface area (Å²) in [5.74, 6) is -0.662. The fourth-order valence-electron chi connectivity index (χ4n) is 6.45. The molecule has 220 valence electrons. The molecular formula is C38H47F3. The first-order valence-corrected chi connectivity index (χ1v) is 16.0. The lowest BCUT2D eigenvalue weighted by molar-refractivity contribution is 0.308. The third-order valence-corrected chi connectivity index (χ3v) is 9.06. The van der Waals surface area contributed by atoms with Gasteiger partial charge in [-0.2, -0.15) is 0 Å². The number of allylic oxidation sites excluding steroid dienone is 1. The van der Waals surface area contributed by atoms with Crippen LogP contribution in [0.3, 0.4) is 0 Å². The van der Waals surface area contributed by atoms with Crippen molar-refractivity contribution in [2.75, 3.05) is 0 Å². The van der Waals surface area contributed by atoms with Crippen LogP contribution in [0.1, 0.15) is 114 Å². The molecule has 0 amide bonds. The third-order valence-electron chi connectivity index (χ3n) is 9.06. The topological polar surface area (TPSA) is 0 Å². The van der Waals surface area contributed by atoms with Gasteiger partial charge in [0, 0.05) is 5.56 Å². The number of benzene rings is 3. The van der Waals surface area contributed by atoms with Crippen molar-refractivity contribution in [3.63, 3.8) is 0 Å². The van der Waals surface area contributed by atoms with Gasteiger partial charge in [-0.1, -0.05) is 106 Å². The molecule has 3 aromatic rings. The smallest absolute Gasteiger partial charge is 0.166 e. The van der Waals surface area contributed by atoms with Gasteiger partial charge in [-0.3, -0.25) is 0 Å². The predicted octanol–water partition coefficient (Wildman–Crippen LogP) is 12.4. The Balaban J connectivity index is 1.34. The van der Waals surface area contributed by atoms with Crippen LogP contribution in [0.4, 0.5) is 13.2 Å². The molecule has 1 aliphatic rings. The summed E-state index contributed by atoms with van der Waals surface area (Å²) in [7, 11) is 0. The van der Waals surface area contributed by atoms with Gasteiger partial charge < -0.3 is 0 Å². The molecule has 0 N–H and O–H groups in total. The van der Waals surface area contributed by atoms with E-state index in [1.807, 2.05) is 30.3 Å². The van der Waals surface area contributed by atoms with E-state index in [9.17, 15) is 4.39 Å². The van der Waals surface area contributed by atoms with Crippen LogP contribution in [0, 0.1) is 23.4 Å². The maximum atomic E-state index is 15.2. The van der Waals surface area contributed by atoms with Crippen LogP contribution in [0.2, 0.25) is 0 Å². The summed E-state index contributed by atoms with van der Waals surface area (Å²) in [6, 6.07) is 16.3. The molecule has 3 aromatic carbocycles. The van der Waals surface area contributed by atoms with Gasteiger partial charge in [-0.25, -0.2) is 13.2 Å². The van der Waals surface area contributed by atoms with Crippen molar-refractivity contribution >= 4 is 0 Å². The number of aryl methyl sites for hydroxylation is 1. The van der Waals surface area contributed by atoms with E-state index in [1.165, 1.54) is 38.5 Å². The molecule has 0 aromatic heterocycles. The van der Waals surface area contributed by atoms with E-state index in [4.69, 9.17) is 0 Å². The molecule has 0 aliphatic heterocycles. The molecule has 0 nitrogen and oxygen atoms in total. The van der Waals surface area contributed by atoms with Crippen molar-refractivity contribution in [2.24, 2.45) is 5.92 Å². The molecule has 1 aliphatic carbocycles. The van der Waals surface area contributed by atoms with Crippen LogP contribution in [-0.4, -0.2) is 0 Å². The third kappa shape index (κ3) is 8.60. The Morgan fingerprint density at radius 3 is 2.00 bits per heavy atom. The Labute approximate surface area is 246 Å². The number of hydrogen-bond donors (Lipinski definition) is 0. The summed E-state index contributed by atoms with van der Waals surface area (Å²) >= 11 is 0. The lowest BCUT2D eigenvalue weighted by atomic mass is 9.77. The lowest BCUT2D eigenvalue weighted by Gasteiger charge is -2.29. The second-order valence-corrected chi connectivity index (χ2v) is 12.0. The molecule has 0 unspecified atom stereocenters. The van der Waals surface area contributed by atoms with E-state index in [2.05, 4.69) is 13.5 Å². The van der Waals surface area contributed by atoms with Gasteiger partial charge in [0.1, 0.15) is 5.82 Å². The van der Waals surface area contributed by atoms with Crippen LogP contribution >= 0.6 is 0 Å². The first kappa shape index (κ1) is 31.1. The zero-order valence-corrected chi connectivity index (χ0v) is 24.9. The summed E-state index contributed by atoms with van der Waals surface area (Å²) in [6.45, 7) is 6.04. The fourth-order valence-corrected chi connectivity index (χ4v) is 6.45. The predicted molar refractivity (Wildman–Crippen MR) is 168 cm³/mol. The second-order valence-electron chi connectivity index (χ2n) is 12.0. The fraction of sp³-hybridized carbons (Fsp3) is 0.474. The van der Waals surface area contributed by atoms with Crippen LogP contribution in [0.15, 0.2) is 67.3 Å². The summed E-state index contributed by atoms with van der Waals surface area (Å²) < 4.78 is 45.1. The molecule has 0 saturated heterocycles. The SMILES string of the molecule is C=CCCC1CCC(c2ccc(-c3ccc(-c4ccc(CCCCCCCCCC)c(F)c4F)cc3)cc2F)CC1. The van der Waals surface area contributed by atoms with Crippen molar-refractivity contribution in [1.82, 2.24) is 0 Å². The van der Waals surface area contributed by atoms with Crippen LogP contribution in [-0.2, 0) is 6.42 Å². The molecule has 0 spiro atoms. The van der Waals surface area contributed by atoms with Crippen LogP contribution in [0.25, 0.3) is 22.3 Å². The van der Waals surface area contributed by atoms with Crippen molar-refractivity contribution in [3.8, 4) is 22.3 Å². The minimum absolute atomic E-state index is 0.152. The molecule has 4 rings (SSSR count). The van der Waals surface area contributed by atoms with E-state index in [0.29, 0.717) is 17.5 Å². The maximum absolute atomic E-state index is 15.2. The molecule has 0 heterocycles. The zero-order chi connectivity index (χ0) is 29.0. The highest BCUT2D eigenvalue weighted by Crippen LogP contribution is 2.39. The minimum atomic E-state index is -0.788. The highest BCUT2D eigenvalue weighted by Gasteiger charge is 2.24. The molecule has 0 atom stereocenters. The van der Waals surface area contributed by atoms with Crippen molar-refractivity contribution in [3.05, 3.63) is 95.8 Å². The zero-order valence-electron chi connectivity index (χ0n) is 24.9. The van der Waals surface area contributed by atoms with Gasteiger partial charge in [0.25, 0.3) is 0 Å². The van der Waals surface area contributed by atoms with Crippen LogP contribution < -0.4 is 0 Å². The Morgan fingerprint density at radius 2 is 1.34 bits per heavy atom. The minimum Gasteiger partial charge on any atom is -0.207 e. The Bertz CT molecular complexity index is 1240. The molecule has 3 heteroatoms. The van der Waals surface area contributed by atoms with Crippen LogP contribution in [0.5, 0.6) is 0 Å². The van der Waals surface area contributed by atoms with E-state index in [0.717, 1.165) is 74.0 Å². The van der Waals surface area contributed by atoms with E-state index >= 15 is 8.78 Å². The Morgan fingerprint density at radius 1 is 0.707 bits per heavy atom. The number of hydrogen-bond acceptors (Lipinski definition) is 0. The molecular weight excluding hydrogens is 513 g/mol. The average molecular weight is 561 g/mol. The first-order chi connectivity index (χ1) is 20.0. The first-order valence-electron chi connectivity index (χ1n) is 16.0. The number of halogens is 3. The summed E-state index contributed by atoms with van der Waals surface area (Å²) in [5, 5.41) is 0. The summed E-state index contributed by atoms with van der Waals surface area (Å²) in [4.78, 5) is 0. The Hall–Kier alpha value is -2.81. The van der Waals surface area contributed by atoms with Crippen molar-refractivity contribution in [1.29, 1.82) is 0 Å². The molecule has 1 saturated carbocycles. The van der Waals surface area contributed by atoms with Gasteiger partial charge in [0.05, 0.1) is 0 Å². The highest BCUT2D eigenvalue weighted by molar-refractivity contribution is 5.71. The van der Waals surface area contributed by atoms with Crippen molar-refractivity contribution in [2.45, 2.75) is 109 Å². The Kier molecular flexibility index (Phi) is 12.1. The monoisotopic (exact) mass is 560 g/mol. The summed E-state index contributed by atoms with van der Waals surface area (Å²) in [6.07, 6.45) is 18.6.